The molecule has 2 aliphatic rings. The predicted molar refractivity (Wildman–Crippen MR) is 114 cm³/mol. The van der Waals surface area contributed by atoms with E-state index >= 15 is 0 Å². The molecule has 0 spiro atoms. The maximum Gasteiger partial charge on any atom is 0.334 e. The molecule has 1 unspecified atom stereocenters. The van der Waals surface area contributed by atoms with Gasteiger partial charge in [0.05, 0.1) is 24.3 Å². The zero-order valence-corrected chi connectivity index (χ0v) is 18.9. The number of rotatable bonds is 6. The van der Waals surface area contributed by atoms with Crippen LogP contribution in [0.2, 0.25) is 0 Å². The molecule has 0 bridgehead atoms. The van der Waals surface area contributed by atoms with Gasteiger partial charge >= 0.3 is 5.97 Å². The summed E-state index contributed by atoms with van der Waals surface area (Å²) in [6, 6.07) is -0.955. The van der Waals surface area contributed by atoms with Gasteiger partial charge in [0.25, 0.3) is 6.43 Å². The van der Waals surface area contributed by atoms with Crippen LogP contribution in [0.15, 0.2) is 39.8 Å². The number of nitrogens with zero attached hydrogens (tertiary/aromatic N) is 2. The Labute approximate surface area is 182 Å². The fraction of sp³-hybridized carbons (Fsp3) is 0.476. The van der Waals surface area contributed by atoms with Gasteiger partial charge in [0.2, 0.25) is 0 Å². The van der Waals surface area contributed by atoms with Gasteiger partial charge in [-0.25, -0.2) is 18.6 Å². The molecule has 0 radical (unpaired) electrons. The standard InChI is InChI=1S/C21H25BrF2N4O2/c1-5-30-20(29)18(17-15-6-7-21(3,4)28(15)10-27-17)26-9-13-12(19(23)24)8-14(22)11(2)16(13)25/h8-10,18-19,25-26H,5-7H2,1-4H3/b13-9-,25-16?. The van der Waals surface area contributed by atoms with E-state index in [1.165, 1.54) is 12.3 Å². The predicted octanol–water partition coefficient (Wildman–Crippen LogP) is 4.54. The number of hydrogen-bond acceptors (Lipinski definition) is 5. The van der Waals surface area contributed by atoms with Crippen LogP contribution in [0.25, 0.3) is 0 Å². The summed E-state index contributed by atoms with van der Waals surface area (Å²) in [4.78, 5) is 17.1. The van der Waals surface area contributed by atoms with E-state index < -0.39 is 18.4 Å². The van der Waals surface area contributed by atoms with Crippen molar-refractivity contribution in [2.75, 3.05) is 6.61 Å². The maximum absolute atomic E-state index is 13.6. The van der Waals surface area contributed by atoms with E-state index in [9.17, 15) is 13.6 Å². The van der Waals surface area contributed by atoms with Crippen LogP contribution in [0.4, 0.5) is 8.78 Å². The van der Waals surface area contributed by atoms with Gasteiger partial charge in [-0.15, -0.1) is 0 Å². The fourth-order valence-electron chi connectivity index (χ4n) is 3.72. The number of esters is 1. The molecular weight excluding hydrogens is 458 g/mol. The summed E-state index contributed by atoms with van der Waals surface area (Å²) in [5.41, 5.74) is 1.58. The molecule has 9 heteroatoms. The molecule has 0 saturated heterocycles. The maximum atomic E-state index is 13.6. The summed E-state index contributed by atoms with van der Waals surface area (Å²) in [5, 5.41) is 11.2. The van der Waals surface area contributed by atoms with Crippen LogP contribution < -0.4 is 5.32 Å². The largest absolute Gasteiger partial charge is 0.464 e. The molecule has 0 saturated carbocycles. The number of imidazole rings is 1. The van der Waals surface area contributed by atoms with E-state index in [0.29, 0.717) is 15.7 Å². The fourth-order valence-corrected chi connectivity index (χ4v) is 4.16. The second-order valence-electron chi connectivity index (χ2n) is 7.92. The molecule has 1 aliphatic heterocycles. The lowest BCUT2D eigenvalue weighted by Gasteiger charge is -2.22. The highest BCUT2D eigenvalue weighted by Gasteiger charge is 2.36. The monoisotopic (exact) mass is 482 g/mol. The zero-order valence-electron chi connectivity index (χ0n) is 17.4. The Bertz CT molecular complexity index is 976. The highest BCUT2D eigenvalue weighted by Crippen LogP contribution is 2.36. The molecule has 30 heavy (non-hydrogen) atoms. The van der Waals surface area contributed by atoms with Gasteiger partial charge in [-0.1, -0.05) is 15.9 Å². The summed E-state index contributed by atoms with van der Waals surface area (Å²) < 4.78 is 34.9. The van der Waals surface area contributed by atoms with E-state index in [1.807, 2.05) is 4.57 Å². The van der Waals surface area contributed by atoms with Gasteiger partial charge in [0.1, 0.15) is 0 Å². The molecule has 6 nitrogen and oxygen atoms in total. The molecule has 2 N–H and O–H groups in total. The average Bonchev–Trinajstić information content (AvgIpc) is 3.23. The van der Waals surface area contributed by atoms with Gasteiger partial charge < -0.3 is 14.6 Å². The third-order valence-corrected chi connectivity index (χ3v) is 6.37. The number of carbonyl (C=O) groups is 1. The van der Waals surface area contributed by atoms with Crippen molar-refractivity contribution in [2.45, 2.75) is 58.5 Å². The smallest absolute Gasteiger partial charge is 0.334 e. The second-order valence-corrected chi connectivity index (χ2v) is 8.77. The molecule has 3 rings (SSSR count). The molecule has 2 heterocycles. The molecule has 1 aromatic heterocycles. The van der Waals surface area contributed by atoms with Crippen molar-refractivity contribution in [3.8, 4) is 0 Å². The summed E-state index contributed by atoms with van der Waals surface area (Å²) in [5.74, 6) is -0.543. The Morgan fingerprint density at radius 2 is 2.20 bits per heavy atom. The SMILES string of the molecule is CCOC(=O)C(N/C=C1\C(=N)C(C)=C(Br)C=C1C(F)F)c1ncn2c1CCC2(C)C. The normalized spacial score (nSPS) is 20.5. The van der Waals surface area contributed by atoms with E-state index in [4.69, 9.17) is 10.1 Å². The lowest BCUT2D eigenvalue weighted by Crippen LogP contribution is -2.29. The van der Waals surface area contributed by atoms with Crippen LogP contribution >= 0.6 is 15.9 Å². The number of nitrogens with one attached hydrogen (secondary N) is 2. The van der Waals surface area contributed by atoms with Gasteiger partial charge in [0, 0.05) is 33.1 Å². The Kier molecular flexibility index (Phi) is 6.31. The highest BCUT2D eigenvalue weighted by molar-refractivity contribution is 9.12. The van der Waals surface area contributed by atoms with Crippen LogP contribution in [0.3, 0.4) is 0 Å². The Morgan fingerprint density at radius 3 is 2.83 bits per heavy atom. The molecule has 1 atom stereocenters. The molecule has 1 aromatic rings. The van der Waals surface area contributed by atoms with Crippen molar-refractivity contribution < 1.29 is 18.3 Å². The van der Waals surface area contributed by atoms with E-state index in [2.05, 4.69) is 40.1 Å². The van der Waals surface area contributed by atoms with Gasteiger partial charge in [0.15, 0.2) is 6.04 Å². The minimum absolute atomic E-state index is 0.0361. The number of hydrogen-bond donors (Lipinski definition) is 2. The van der Waals surface area contributed by atoms with Crippen LogP contribution in [-0.4, -0.2) is 34.3 Å². The molecule has 162 valence electrons. The number of fused-ring (bicyclic) bond motifs is 1. The van der Waals surface area contributed by atoms with E-state index in [-0.39, 0.29) is 29.0 Å². The first-order valence-electron chi connectivity index (χ1n) is 9.73. The van der Waals surface area contributed by atoms with Crippen LogP contribution in [-0.2, 0) is 21.5 Å². The molecule has 1 aliphatic carbocycles. The number of carbonyl (C=O) groups excluding carboxylic acids is 1. The van der Waals surface area contributed by atoms with Gasteiger partial charge in [-0.2, -0.15) is 0 Å². The third-order valence-electron chi connectivity index (χ3n) is 5.55. The summed E-state index contributed by atoms with van der Waals surface area (Å²) in [7, 11) is 0. The van der Waals surface area contributed by atoms with Crippen molar-refractivity contribution >= 4 is 27.6 Å². The first kappa shape index (κ1) is 22.4. The lowest BCUT2D eigenvalue weighted by molar-refractivity contribution is -0.145. The summed E-state index contributed by atoms with van der Waals surface area (Å²) in [6.45, 7) is 7.75. The van der Waals surface area contributed by atoms with Crippen molar-refractivity contribution in [1.29, 1.82) is 5.41 Å². The van der Waals surface area contributed by atoms with Crippen molar-refractivity contribution in [3.05, 3.63) is 51.2 Å². The molecule has 0 amide bonds. The highest BCUT2D eigenvalue weighted by atomic mass is 79.9. The molecular formula is C21H25BrF2N4O2. The number of alkyl halides is 2. The summed E-state index contributed by atoms with van der Waals surface area (Å²) in [6.07, 6.45) is 3.21. The third kappa shape index (κ3) is 3.99. The minimum atomic E-state index is -2.77. The molecule has 0 aromatic carbocycles. The van der Waals surface area contributed by atoms with Crippen LogP contribution in [0.1, 0.15) is 51.5 Å². The number of allylic oxidation sites excluding steroid dienone is 5. The van der Waals surface area contributed by atoms with Crippen molar-refractivity contribution in [2.24, 2.45) is 0 Å². The number of halogens is 3. The topological polar surface area (TPSA) is 80.0 Å². The minimum Gasteiger partial charge on any atom is -0.464 e. The number of ether oxygens (including phenoxy) is 1. The Hall–Kier alpha value is -2.29. The zero-order chi connectivity index (χ0) is 22.2. The number of aromatic nitrogens is 2. The average molecular weight is 483 g/mol. The quantitative estimate of drug-likeness (QED) is 0.583. The first-order chi connectivity index (χ1) is 14.1. The first-order valence-corrected chi connectivity index (χ1v) is 10.5. The van der Waals surface area contributed by atoms with E-state index in [1.54, 1.807) is 20.2 Å². The van der Waals surface area contributed by atoms with Gasteiger partial charge in [-0.3, -0.25) is 5.41 Å². The second kappa shape index (κ2) is 8.45. The van der Waals surface area contributed by atoms with Crippen LogP contribution in [0, 0.1) is 5.41 Å². The molecule has 0 fully saturated rings. The Morgan fingerprint density at radius 1 is 1.50 bits per heavy atom. The Balaban J connectivity index is 1.99. The van der Waals surface area contributed by atoms with E-state index in [0.717, 1.165) is 18.5 Å². The summed E-state index contributed by atoms with van der Waals surface area (Å²) >= 11 is 3.22. The van der Waals surface area contributed by atoms with Gasteiger partial charge in [-0.05, 0) is 52.2 Å². The van der Waals surface area contributed by atoms with Crippen molar-refractivity contribution in [1.82, 2.24) is 14.9 Å². The lowest BCUT2D eigenvalue weighted by atomic mass is 9.92. The van der Waals surface area contributed by atoms with Crippen molar-refractivity contribution in [3.63, 3.8) is 0 Å². The van der Waals surface area contributed by atoms with Crippen LogP contribution in [0.5, 0.6) is 0 Å².